The summed E-state index contributed by atoms with van der Waals surface area (Å²) in [5, 5.41) is 9.47. The van der Waals surface area contributed by atoms with Crippen molar-refractivity contribution in [3.8, 4) is 0 Å². The molecular formula is C21H22ClN3O4. The average Bonchev–Trinajstić information content (AvgIpc) is 3.16. The molecule has 0 radical (unpaired) electrons. The maximum absolute atomic E-state index is 12.7. The monoisotopic (exact) mass is 415 g/mol. The van der Waals surface area contributed by atoms with Crippen molar-refractivity contribution < 1.29 is 19.2 Å². The normalized spacial score (nSPS) is 16.3. The summed E-state index contributed by atoms with van der Waals surface area (Å²) in [6, 6.07) is 18.0. The quantitative estimate of drug-likeness (QED) is 0.692. The zero-order valence-corrected chi connectivity index (χ0v) is 16.5. The van der Waals surface area contributed by atoms with Crippen LogP contribution in [0.2, 0.25) is 0 Å². The Kier molecular flexibility index (Phi) is 7.47. The second kappa shape index (κ2) is 10.5. The van der Waals surface area contributed by atoms with E-state index in [0.29, 0.717) is 18.1 Å². The smallest absolute Gasteiger partial charge is 0.408 e. The van der Waals surface area contributed by atoms with Gasteiger partial charge in [-0.25, -0.2) is 4.79 Å². The zero-order chi connectivity index (χ0) is 20.5. The molecule has 0 fully saturated rings. The number of oxime groups is 1. The van der Waals surface area contributed by atoms with Gasteiger partial charge in [-0.3, -0.25) is 4.79 Å². The molecule has 29 heavy (non-hydrogen) atoms. The Balaban J connectivity index is 1.55. The molecule has 1 heterocycles. The maximum Gasteiger partial charge on any atom is 0.408 e. The van der Waals surface area contributed by atoms with Gasteiger partial charge in [-0.05, 0) is 11.1 Å². The SMILES string of the molecule is O=C(N[C@@H](CC1CC(Cl)=NO1)C(=O)NCc1ccccc1)OCc1ccccc1. The van der Waals surface area contributed by atoms with Crippen molar-refractivity contribution in [2.24, 2.45) is 5.16 Å². The molecule has 152 valence electrons. The lowest BCUT2D eigenvalue weighted by atomic mass is 10.1. The first-order chi connectivity index (χ1) is 14.1. The topological polar surface area (TPSA) is 89.0 Å². The lowest BCUT2D eigenvalue weighted by Gasteiger charge is -2.20. The third-order valence-electron chi connectivity index (χ3n) is 4.33. The summed E-state index contributed by atoms with van der Waals surface area (Å²) >= 11 is 5.85. The molecule has 1 unspecified atom stereocenters. The van der Waals surface area contributed by atoms with Crippen LogP contribution in [0.1, 0.15) is 24.0 Å². The number of alkyl carbamates (subject to hydrolysis) is 1. The first kappa shape index (κ1) is 20.7. The number of halogens is 1. The van der Waals surface area contributed by atoms with E-state index in [1.807, 2.05) is 60.7 Å². The number of carbonyl (C=O) groups is 2. The molecule has 0 saturated heterocycles. The van der Waals surface area contributed by atoms with Crippen LogP contribution in [0, 0.1) is 0 Å². The van der Waals surface area contributed by atoms with Crippen LogP contribution in [0.15, 0.2) is 65.8 Å². The predicted octanol–water partition coefficient (Wildman–Crippen LogP) is 3.33. The third-order valence-corrected chi connectivity index (χ3v) is 4.55. The van der Waals surface area contributed by atoms with Gasteiger partial charge in [0.05, 0.1) is 0 Å². The summed E-state index contributed by atoms with van der Waals surface area (Å²) in [7, 11) is 0. The van der Waals surface area contributed by atoms with E-state index in [1.165, 1.54) is 0 Å². The number of amides is 2. The van der Waals surface area contributed by atoms with Crippen molar-refractivity contribution in [2.45, 2.75) is 38.1 Å². The van der Waals surface area contributed by atoms with E-state index in [-0.39, 0.29) is 25.0 Å². The Morgan fingerprint density at radius 2 is 1.76 bits per heavy atom. The molecule has 0 spiro atoms. The number of rotatable bonds is 8. The van der Waals surface area contributed by atoms with Crippen molar-refractivity contribution in [1.29, 1.82) is 0 Å². The lowest BCUT2D eigenvalue weighted by molar-refractivity contribution is -0.124. The first-order valence-corrected chi connectivity index (χ1v) is 9.65. The summed E-state index contributed by atoms with van der Waals surface area (Å²) in [5.41, 5.74) is 1.81. The van der Waals surface area contributed by atoms with Crippen LogP contribution in [0.25, 0.3) is 0 Å². The molecule has 7 nitrogen and oxygen atoms in total. The van der Waals surface area contributed by atoms with E-state index in [9.17, 15) is 9.59 Å². The fourth-order valence-electron chi connectivity index (χ4n) is 2.83. The van der Waals surface area contributed by atoms with Crippen LogP contribution in [0.4, 0.5) is 4.79 Å². The van der Waals surface area contributed by atoms with Crippen LogP contribution < -0.4 is 10.6 Å². The molecule has 2 atom stereocenters. The van der Waals surface area contributed by atoms with Gasteiger partial charge in [0.15, 0.2) is 0 Å². The highest BCUT2D eigenvalue weighted by atomic mass is 35.5. The van der Waals surface area contributed by atoms with Gasteiger partial charge in [-0.2, -0.15) is 0 Å². The van der Waals surface area contributed by atoms with Crippen molar-refractivity contribution in [1.82, 2.24) is 10.6 Å². The largest absolute Gasteiger partial charge is 0.445 e. The fourth-order valence-corrected chi connectivity index (χ4v) is 3.04. The molecule has 1 aliphatic rings. The van der Waals surface area contributed by atoms with Crippen molar-refractivity contribution >= 4 is 28.8 Å². The van der Waals surface area contributed by atoms with Crippen molar-refractivity contribution in [3.05, 3.63) is 71.8 Å². The third kappa shape index (κ3) is 6.80. The molecular weight excluding hydrogens is 394 g/mol. The van der Waals surface area contributed by atoms with Crippen LogP contribution in [0.5, 0.6) is 0 Å². The summed E-state index contributed by atoms with van der Waals surface area (Å²) in [5.74, 6) is -0.336. The summed E-state index contributed by atoms with van der Waals surface area (Å²) in [6.07, 6.45) is -0.450. The van der Waals surface area contributed by atoms with Gasteiger partial charge >= 0.3 is 6.09 Å². The van der Waals surface area contributed by atoms with Crippen LogP contribution in [0.3, 0.4) is 0 Å². The highest BCUT2D eigenvalue weighted by Crippen LogP contribution is 2.18. The molecule has 0 aromatic heterocycles. The van der Waals surface area contributed by atoms with Crippen LogP contribution in [-0.4, -0.2) is 29.3 Å². The van der Waals surface area contributed by atoms with Crippen molar-refractivity contribution in [2.75, 3.05) is 0 Å². The first-order valence-electron chi connectivity index (χ1n) is 9.27. The number of hydrogen-bond donors (Lipinski definition) is 2. The summed E-state index contributed by atoms with van der Waals surface area (Å²) in [6.45, 7) is 0.458. The minimum absolute atomic E-state index is 0.111. The van der Waals surface area contributed by atoms with E-state index in [1.54, 1.807) is 0 Å². The van der Waals surface area contributed by atoms with E-state index in [2.05, 4.69) is 15.8 Å². The maximum atomic E-state index is 12.7. The lowest BCUT2D eigenvalue weighted by Crippen LogP contribution is -2.48. The minimum atomic E-state index is -0.843. The number of carbonyl (C=O) groups excluding carboxylic acids is 2. The van der Waals surface area contributed by atoms with Gasteiger partial charge in [0.25, 0.3) is 0 Å². The molecule has 2 aromatic rings. The van der Waals surface area contributed by atoms with E-state index < -0.39 is 12.1 Å². The number of hydrogen-bond acceptors (Lipinski definition) is 5. The van der Waals surface area contributed by atoms with Gasteiger partial charge < -0.3 is 20.2 Å². The molecule has 2 N–H and O–H groups in total. The molecule has 0 bridgehead atoms. The second-order valence-electron chi connectivity index (χ2n) is 6.60. The van der Waals surface area contributed by atoms with Gasteiger partial charge in [0, 0.05) is 19.4 Å². The molecule has 0 saturated carbocycles. The molecule has 2 amide bonds. The van der Waals surface area contributed by atoms with Gasteiger partial charge in [0.1, 0.15) is 23.9 Å². The average molecular weight is 416 g/mol. The summed E-state index contributed by atoms with van der Waals surface area (Å²) in [4.78, 5) is 30.1. The molecule has 3 rings (SSSR count). The van der Waals surface area contributed by atoms with E-state index in [4.69, 9.17) is 21.2 Å². The Bertz CT molecular complexity index is 846. The highest BCUT2D eigenvalue weighted by Gasteiger charge is 2.29. The van der Waals surface area contributed by atoms with E-state index in [0.717, 1.165) is 11.1 Å². The number of nitrogens with zero attached hydrogens (tertiary/aromatic N) is 1. The van der Waals surface area contributed by atoms with Crippen LogP contribution >= 0.6 is 11.6 Å². The van der Waals surface area contributed by atoms with Gasteiger partial charge in [0.2, 0.25) is 5.91 Å². The molecule has 2 aromatic carbocycles. The predicted molar refractivity (Wildman–Crippen MR) is 109 cm³/mol. The van der Waals surface area contributed by atoms with Crippen LogP contribution in [-0.2, 0) is 27.5 Å². The standard InChI is InChI=1S/C21H22ClN3O4/c22-19-12-17(29-25-19)11-18(20(26)23-13-15-7-3-1-4-8-15)24-21(27)28-14-16-9-5-2-6-10-16/h1-10,17-18H,11-14H2,(H,23,26)(H,24,27)/t17?,18-/m0/s1. The zero-order valence-electron chi connectivity index (χ0n) is 15.7. The fraction of sp³-hybridized carbons (Fsp3) is 0.286. The molecule has 0 aliphatic carbocycles. The van der Waals surface area contributed by atoms with Crippen molar-refractivity contribution in [3.63, 3.8) is 0 Å². The molecule has 1 aliphatic heterocycles. The Morgan fingerprint density at radius 1 is 1.10 bits per heavy atom. The number of nitrogens with one attached hydrogen (secondary N) is 2. The Labute approximate surface area is 174 Å². The minimum Gasteiger partial charge on any atom is -0.445 e. The van der Waals surface area contributed by atoms with E-state index >= 15 is 0 Å². The summed E-state index contributed by atoms with van der Waals surface area (Å²) < 4.78 is 5.23. The highest BCUT2D eigenvalue weighted by molar-refractivity contribution is 6.65. The second-order valence-corrected chi connectivity index (χ2v) is 7.03. The Hall–Kier alpha value is -3.06. The molecule has 8 heteroatoms. The number of benzene rings is 2. The Morgan fingerprint density at radius 3 is 2.38 bits per heavy atom. The van der Waals surface area contributed by atoms with Gasteiger partial charge in [-0.1, -0.05) is 77.4 Å². The van der Waals surface area contributed by atoms with Gasteiger partial charge in [-0.15, -0.1) is 0 Å². The number of ether oxygens (including phenoxy) is 1.